The number of nitrogens with zero attached hydrogens (tertiary/aromatic N) is 2. The second-order valence-electron chi connectivity index (χ2n) is 10.7. The fraction of sp³-hybridized carbons (Fsp3) is 0.375. The fourth-order valence-electron chi connectivity index (χ4n) is 5.85. The predicted molar refractivity (Wildman–Crippen MR) is 144 cm³/mol. The summed E-state index contributed by atoms with van der Waals surface area (Å²) in [7, 11) is 0. The maximum Gasteiger partial charge on any atom is 0.160 e. The van der Waals surface area contributed by atoms with Gasteiger partial charge < -0.3 is 0 Å². The smallest absolute Gasteiger partial charge is 0.160 e. The number of rotatable bonds is 6. The highest BCUT2D eigenvalue weighted by atomic mass is 16.1. The molecule has 0 bridgehead atoms. The summed E-state index contributed by atoms with van der Waals surface area (Å²) < 4.78 is 2.14. The zero-order chi connectivity index (χ0) is 24.5. The van der Waals surface area contributed by atoms with Crippen LogP contribution in [0.5, 0.6) is 0 Å². The third-order valence-electron chi connectivity index (χ3n) is 8.10. The highest BCUT2D eigenvalue weighted by molar-refractivity contribution is 5.96. The van der Waals surface area contributed by atoms with E-state index in [0.29, 0.717) is 5.92 Å². The second-order valence-corrected chi connectivity index (χ2v) is 10.7. The van der Waals surface area contributed by atoms with Crippen LogP contribution < -0.4 is 0 Å². The van der Waals surface area contributed by atoms with Gasteiger partial charge in [-0.05, 0) is 97.2 Å². The molecule has 1 aliphatic rings. The number of aryl methyl sites for hydroxylation is 1. The van der Waals surface area contributed by atoms with Crippen molar-refractivity contribution in [2.24, 2.45) is 11.8 Å². The van der Waals surface area contributed by atoms with Gasteiger partial charge >= 0.3 is 0 Å². The van der Waals surface area contributed by atoms with Gasteiger partial charge in [0.25, 0.3) is 0 Å². The summed E-state index contributed by atoms with van der Waals surface area (Å²) in [4.78, 5) is 16.8. The van der Waals surface area contributed by atoms with Crippen LogP contribution >= 0.6 is 0 Å². The van der Waals surface area contributed by atoms with Gasteiger partial charge in [0, 0.05) is 24.4 Å². The number of Topliss-reactive ketones (excluding diaryl/α,β-unsaturated/α-hetero) is 1. The lowest BCUT2D eigenvalue weighted by atomic mass is 9.75. The van der Waals surface area contributed by atoms with Crippen LogP contribution in [-0.2, 0) is 6.42 Å². The molecule has 2 heterocycles. The highest BCUT2D eigenvalue weighted by Gasteiger charge is 2.24. The predicted octanol–water partition coefficient (Wildman–Crippen LogP) is 8.03. The lowest BCUT2D eigenvalue weighted by molar-refractivity contribution is 0.101. The summed E-state index contributed by atoms with van der Waals surface area (Å²) in [6.45, 7) is 8.35. The van der Waals surface area contributed by atoms with Crippen LogP contribution in [0, 0.1) is 18.8 Å². The second kappa shape index (κ2) is 9.81. The molecule has 0 saturated heterocycles. The molecular weight excluding hydrogens is 428 g/mol. The van der Waals surface area contributed by atoms with E-state index in [-0.39, 0.29) is 5.78 Å². The largest absolute Gasteiger partial charge is 0.299 e. The number of benzene rings is 2. The lowest BCUT2D eigenvalue weighted by Crippen LogP contribution is -2.17. The molecule has 5 rings (SSSR count). The molecule has 1 saturated carbocycles. The Labute approximate surface area is 209 Å². The molecule has 1 aliphatic carbocycles. The van der Waals surface area contributed by atoms with Crippen molar-refractivity contribution in [3.05, 3.63) is 94.8 Å². The monoisotopic (exact) mass is 464 g/mol. The minimum atomic E-state index is 0.0965. The number of pyridine rings is 1. The number of fused-ring (bicyclic) bond motifs is 1. The SMILES string of the molecule is CC(=O)c1cc(-c2ccc(Cc3ccc(C4CCC(C(C)C)CC4)cc3)c3nccn23)ccc1C. The van der Waals surface area contributed by atoms with E-state index < -0.39 is 0 Å². The van der Waals surface area contributed by atoms with E-state index >= 15 is 0 Å². The van der Waals surface area contributed by atoms with Gasteiger partial charge in [0.2, 0.25) is 0 Å². The lowest BCUT2D eigenvalue weighted by Gasteiger charge is -2.31. The average Bonchev–Trinajstić information content (AvgIpc) is 3.36. The Balaban J connectivity index is 1.36. The summed E-state index contributed by atoms with van der Waals surface area (Å²) in [5.41, 5.74) is 8.87. The Morgan fingerprint density at radius 1 is 1.00 bits per heavy atom. The zero-order valence-electron chi connectivity index (χ0n) is 21.4. The van der Waals surface area contributed by atoms with Crippen molar-refractivity contribution in [2.45, 2.75) is 65.7 Å². The van der Waals surface area contributed by atoms with Gasteiger partial charge in [-0.3, -0.25) is 9.20 Å². The summed E-state index contributed by atoms with van der Waals surface area (Å²) in [6.07, 6.45) is 10.1. The van der Waals surface area contributed by atoms with Gasteiger partial charge in [0.15, 0.2) is 5.78 Å². The number of aromatic nitrogens is 2. The maximum atomic E-state index is 12.1. The number of ketones is 1. The van der Waals surface area contributed by atoms with Gasteiger partial charge in [-0.15, -0.1) is 0 Å². The van der Waals surface area contributed by atoms with Gasteiger partial charge in [-0.1, -0.05) is 56.3 Å². The molecule has 0 amide bonds. The summed E-state index contributed by atoms with van der Waals surface area (Å²) in [6, 6.07) is 19.8. The number of carbonyl (C=O) groups is 1. The zero-order valence-corrected chi connectivity index (χ0v) is 21.4. The summed E-state index contributed by atoms with van der Waals surface area (Å²) in [5, 5.41) is 0. The van der Waals surface area contributed by atoms with Gasteiger partial charge in [-0.25, -0.2) is 4.98 Å². The third-order valence-corrected chi connectivity index (χ3v) is 8.10. The summed E-state index contributed by atoms with van der Waals surface area (Å²) >= 11 is 0. The maximum absolute atomic E-state index is 12.1. The molecule has 180 valence electrons. The van der Waals surface area contributed by atoms with Crippen molar-refractivity contribution in [1.29, 1.82) is 0 Å². The molecule has 3 nitrogen and oxygen atoms in total. The van der Waals surface area contributed by atoms with Crippen molar-refractivity contribution in [3.8, 4) is 11.3 Å². The standard InChI is InChI=1S/C32H36N2O/c1-21(2)25-11-13-27(14-12-25)26-9-6-24(7-10-26)19-29-15-16-31(34-18-17-33-32(29)34)28-8-5-22(3)30(20-28)23(4)35/h5-10,15-18,20-21,25,27H,11-14,19H2,1-4H3. The minimum Gasteiger partial charge on any atom is -0.299 e. The molecule has 4 aromatic rings. The Hall–Kier alpha value is -3.20. The first-order chi connectivity index (χ1) is 16.9. The van der Waals surface area contributed by atoms with Crippen molar-refractivity contribution in [3.63, 3.8) is 0 Å². The molecule has 3 heteroatoms. The van der Waals surface area contributed by atoms with Crippen LogP contribution in [0.2, 0.25) is 0 Å². The normalized spacial score (nSPS) is 18.3. The molecule has 0 unspecified atom stereocenters. The first-order valence-electron chi connectivity index (χ1n) is 13.1. The molecule has 0 radical (unpaired) electrons. The van der Waals surface area contributed by atoms with E-state index in [0.717, 1.165) is 46.3 Å². The molecule has 2 aromatic carbocycles. The first kappa shape index (κ1) is 23.5. The first-order valence-corrected chi connectivity index (χ1v) is 13.1. The molecule has 0 atom stereocenters. The van der Waals surface area contributed by atoms with Gasteiger partial charge in [-0.2, -0.15) is 0 Å². The molecule has 0 spiro atoms. The van der Waals surface area contributed by atoms with Crippen molar-refractivity contribution < 1.29 is 4.79 Å². The van der Waals surface area contributed by atoms with Crippen molar-refractivity contribution in [1.82, 2.24) is 9.38 Å². The van der Waals surface area contributed by atoms with E-state index in [4.69, 9.17) is 0 Å². The Morgan fingerprint density at radius 3 is 2.43 bits per heavy atom. The van der Waals surface area contributed by atoms with Crippen LogP contribution in [0.4, 0.5) is 0 Å². The van der Waals surface area contributed by atoms with Crippen LogP contribution in [-0.4, -0.2) is 15.2 Å². The minimum absolute atomic E-state index is 0.0965. The third kappa shape index (κ3) is 4.82. The molecule has 2 aromatic heterocycles. The van der Waals surface area contributed by atoms with Crippen molar-refractivity contribution in [2.75, 3.05) is 0 Å². The van der Waals surface area contributed by atoms with E-state index in [1.807, 2.05) is 31.5 Å². The van der Waals surface area contributed by atoms with Crippen LogP contribution in [0.3, 0.4) is 0 Å². The average molecular weight is 465 g/mol. The molecule has 0 N–H and O–H groups in total. The Bertz CT molecular complexity index is 1340. The van der Waals surface area contributed by atoms with Gasteiger partial charge in [0.1, 0.15) is 5.65 Å². The fourth-order valence-corrected chi connectivity index (χ4v) is 5.85. The molecule has 0 aliphatic heterocycles. The number of carbonyl (C=O) groups excluding carboxylic acids is 1. The van der Waals surface area contributed by atoms with E-state index in [9.17, 15) is 4.79 Å². The number of hydrogen-bond donors (Lipinski definition) is 0. The molecule has 35 heavy (non-hydrogen) atoms. The number of hydrogen-bond acceptors (Lipinski definition) is 2. The Kier molecular flexibility index (Phi) is 6.60. The Morgan fingerprint density at radius 2 is 1.74 bits per heavy atom. The van der Waals surface area contributed by atoms with Crippen LogP contribution in [0.15, 0.2) is 67.0 Å². The highest BCUT2D eigenvalue weighted by Crippen LogP contribution is 2.38. The summed E-state index contributed by atoms with van der Waals surface area (Å²) in [5.74, 6) is 2.52. The topological polar surface area (TPSA) is 34.4 Å². The van der Waals surface area contributed by atoms with E-state index in [2.05, 4.69) is 65.7 Å². The van der Waals surface area contributed by atoms with Crippen molar-refractivity contribution >= 4 is 11.4 Å². The van der Waals surface area contributed by atoms with Crippen LogP contribution in [0.1, 0.15) is 85.0 Å². The quantitative estimate of drug-likeness (QED) is 0.271. The molecular formula is C32H36N2O. The number of imidazole rings is 1. The van der Waals surface area contributed by atoms with E-state index in [1.165, 1.54) is 42.4 Å². The molecule has 1 fully saturated rings. The van der Waals surface area contributed by atoms with E-state index in [1.54, 1.807) is 6.92 Å². The van der Waals surface area contributed by atoms with Gasteiger partial charge in [0.05, 0.1) is 5.69 Å². The van der Waals surface area contributed by atoms with Crippen LogP contribution in [0.25, 0.3) is 16.9 Å².